The molecule has 1 amide bonds. The summed E-state index contributed by atoms with van der Waals surface area (Å²) in [5.74, 6) is 2.44. The molecule has 20 heavy (non-hydrogen) atoms. The Labute approximate surface area is 130 Å². The number of carbonyl (C=O) groups excluding carboxylic acids is 1. The third kappa shape index (κ3) is 5.05. The number of nitrogens with zero attached hydrogens (tertiary/aromatic N) is 1. The van der Waals surface area contributed by atoms with Crippen LogP contribution in [0.1, 0.15) is 19.4 Å². The molecule has 0 unspecified atom stereocenters. The lowest BCUT2D eigenvalue weighted by Gasteiger charge is -2.27. The van der Waals surface area contributed by atoms with Gasteiger partial charge in [-0.1, -0.05) is 35.2 Å². The summed E-state index contributed by atoms with van der Waals surface area (Å²) in [6.45, 7) is 5.03. The van der Waals surface area contributed by atoms with Gasteiger partial charge in [0.05, 0.1) is 23.1 Å². The molecule has 0 saturated heterocycles. The summed E-state index contributed by atoms with van der Waals surface area (Å²) in [5, 5.41) is 3.90. The monoisotopic (exact) mass is 312 g/mol. The maximum absolute atomic E-state index is 12.2. The van der Waals surface area contributed by atoms with Crippen LogP contribution in [0.15, 0.2) is 18.2 Å². The first kappa shape index (κ1) is 16.8. The molecule has 0 bridgehead atoms. The summed E-state index contributed by atoms with van der Waals surface area (Å²) in [5.41, 5.74) is 0.943. The van der Waals surface area contributed by atoms with E-state index in [4.69, 9.17) is 29.6 Å². The van der Waals surface area contributed by atoms with Gasteiger partial charge in [-0.25, -0.2) is 0 Å². The molecule has 1 aromatic rings. The predicted octanol–water partition coefficient (Wildman–Crippen LogP) is 2.95. The third-order valence-electron chi connectivity index (χ3n) is 2.78. The summed E-state index contributed by atoms with van der Waals surface area (Å²) < 4.78 is 0. The number of terminal acetylenes is 1. The predicted molar refractivity (Wildman–Crippen MR) is 83.9 cm³/mol. The van der Waals surface area contributed by atoms with Crippen LogP contribution >= 0.6 is 23.2 Å². The van der Waals surface area contributed by atoms with Crippen molar-refractivity contribution in [2.75, 3.05) is 13.1 Å². The van der Waals surface area contributed by atoms with Gasteiger partial charge in [-0.15, -0.1) is 6.42 Å². The van der Waals surface area contributed by atoms with Crippen LogP contribution in [0.3, 0.4) is 0 Å². The molecule has 0 aliphatic carbocycles. The fraction of sp³-hybridized carbons (Fsp3) is 0.400. The molecular formula is C15H18Cl2N2O. The highest BCUT2D eigenvalue weighted by Gasteiger charge is 2.17. The van der Waals surface area contributed by atoms with Gasteiger partial charge in [-0.3, -0.25) is 10.1 Å². The van der Waals surface area contributed by atoms with Crippen molar-refractivity contribution in [3.63, 3.8) is 0 Å². The van der Waals surface area contributed by atoms with Gasteiger partial charge < -0.3 is 4.90 Å². The number of rotatable bonds is 6. The summed E-state index contributed by atoms with van der Waals surface area (Å²) in [4.78, 5) is 13.9. The molecule has 0 aliphatic heterocycles. The van der Waals surface area contributed by atoms with Crippen molar-refractivity contribution < 1.29 is 4.79 Å². The van der Waals surface area contributed by atoms with E-state index < -0.39 is 0 Å². The van der Waals surface area contributed by atoms with E-state index in [1.807, 2.05) is 19.9 Å². The first-order valence-corrected chi connectivity index (χ1v) is 7.09. The van der Waals surface area contributed by atoms with E-state index in [1.54, 1.807) is 17.0 Å². The SMILES string of the molecule is C#CCNCC(=O)N(Cc1ccc(Cl)c(Cl)c1)C(C)C. The lowest BCUT2D eigenvalue weighted by molar-refractivity contribution is -0.132. The lowest BCUT2D eigenvalue weighted by Crippen LogP contribution is -2.41. The average Bonchev–Trinajstić information content (AvgIpc) is 2.39. The first-order valence-electron chi connectivity index (χ1n) is 6.33. The van der Waals surface area contributed by atoms with Crippen molar-refractivity contribution in [1.29, 1.82) is 0 Å². The zero-order chi connectivity index (χ0) is 15.1. The van der Waals surface area contributed by atoms with Crippen LogP contribution in [-0.4, -0.2) is 29.9 Å². The number of benzene rings is 1. The molecule has 3 nitrogen and oxygen atoms in total. The van der Waals surface area contributed by atoms with Crippen LogP contribution in [0, 0.1) is 12.3 Å². The first-order chi connectivity index (χ1) is 9.45. The van der Waals surface area contributed by atoms with Gasteiger partial charge in [0.25, 0.3) is 0 Å². The van der Waals surface area contributed by atoms with E-state index in [0.29, 0.717) is 23.1 Å². The summed E-state index contributed by atoms with van der Waals surface area (Å²) in [6, 6.07) is 5.47. The van der Waals surface area contributed by atoms with Gasteiger partial charge in [0, 0.05) is 12.6 Å². The molecular weight excluding hydrogens is 295 g/mol. The Kier molecular flexibility index (Phi) is 6.87. The van der Waals surface area contributed by atoms with Crippen LogP contribution < -0.4 is 5.32 Å². The Balaban J connectivity index is 2.74. The maximum Gasteiger partial charge on any atom is 0.237 e. The minimum Gasteiger partial charge on any atom is -0.335 e. The van der Waals surface area contributed by atoms with E-state index >= 15 is 0 Å². The molecule has 0 atom stereocenters. The number of hydrogen-bond donors (Lipinski definition) is 1. The Hall–Kier alpha value is -1.21. The second-order valence-corrected chi connectivity index (χ2v) is 5.49. The number of hydrogen-bond acceptors (Lipinski definition) is 2. The van der Waals surface area contributed by atoms with Crippen LogP contribution in [0.4, 0.5) is 0 Å². The van der Waals surface area contributed by atoms with Gasteiger partial charge in [0.15, 0.2) is 0 Å². The molecule has 0 aliphatic rings. The van der Waals surface area contributed by atoms with E-state index in [2.05, 4.69) is 11.2 Å². The van der Waals surface area contributed by atoms with Crippen LogP contribution in [0.2, 0.25) is 10.0 Å². The van der Waals surface area contributed by atoms with Crippen molar-refractivity contribution in [3.05, 3.63) is 33.8 Å². The minimum atomic E-state index is 0.00122. The molecule has 0 spiro atoms. The van der Waals surface area contributed by atoms with Crippen molar-refractivity contribution >= 4 is 29.1 Å². The molecule has 1 rings (SSSR count). The zero-order valence-corrected chi connectivity index (χ0v) is 13.1. The smallest absolute Gasteiger partial charge is 0.237 e. The molecule has 5 heteroatoms. The highest BCUT2D eigenvalue weighted by atomic mass is 35.5. The number of amides is 1. The van der Waals surface area contributed by atoms with Crippen molar-refractivity contribution in [1.82, 2.24) is 10.2 Å². The molecule has 0 radical (unpaired) electrons. The fourth-order valence-electron chi connectivity index (χ4n) is 1.74. The van der Waals surface area contributed by atoms with E-state index in [9.17, 15) is 4.79 Å². The third-order valence-corrected chi connectivity index (χ3v) is 3.52. The highest BCUT2D eigenvalue weighted by Crippen LogP contribution is 2.23. The van der Waals surface area contributed by atoms with Crippen molar-refractivity contribution in [3.8, 4) is 12.3 Å². The van der Waals surface area contributed by atoms with Crippen molar-refractivity contribution in [2.45, 2.75) is 26.4 Å². The molecule has 0 heterocycles. The van der Waals surface area contributed by atoms with E-state index in [1.165, 1.54) is 0 Å². The van der Waals surface area contributed by atoms with Gasteiger partial charge in [-0.05, 0) is 31.5 Å². The Morgan fingerprint density at radius 3 is 2.65 bits per heavy atom. The Morgan fingerprint density at radius 1 is 1.40 bits per heavy atom. The lowest BCUT2D eigenvalue weighted by atomic mass is 10.2. The highest BCUT2D eigenvalue weighted by molar-refractivity contribution is 6.42. The number of halogens is 2. The number of nitrogens with one attached hydrogen (secondary N) is 1. The van der Waals surface area contributed by atoms with Gasteiger partial charge >= 0.3 is 0 Å². The molecule has 0 aromatic heterocycles. The fourth-order valence-corrected chi connectivity index (χ4v) is 2.06. The maximum atomic E-state index is 12.2. The topological polar surface area (TPSA) is 32.3 Å². The normalized spacial score (nSPS) is 10.4. The quantitative estimate of drug-likeness (QED) is 0.647. The molecule has 1 aromatic carbocycles. The molecule has 0 fully saturated rings. The summed E-state index contributed by atoms with van der Waals surface area (Å²) >= 11 is 11.9. The molecule has 1 N–H and O–H groups in total. The van der Waals surface area contributed by atoms with E-state index in [0.717, 1.165) is 5.56 Å². The average molecular weight is 313 g/mol. The molecule has 0 saturated carbocycles. The minimum absolute atomic E-state index is 0.00122. The van der Waals surface area contributed by atoms with Crippen molar-refractivity contribution in [2.24, 2.45) is 0 Å². The van der Waals surface area contributed by atoms with Crippen LogP contribution in [0.25, 0.3) is 0 Å². The Bertz CT molecular complexity index is 509. The zero-order valence-electron chi connectivity index (χ0n) is 11.6. The van der Waals surface area contributed by atoms with E-state index in [-0.39, 0.29) is 18.5 Å². The summed E-state index contributed by atoms with van der Waals surface area (Å²) in [7, 11) is 0. The van der Waals surface area contributed by atoms with Gasteiger partial charge in [0.1, 0.15) is 0 Å². The second kappa shape index (κ2) is 8.16. The van der Waals surface area contributed by atoms with Gasteiger partial charge in [0.2, 0.25) is 5.91 Å². The largest absolute Gasteiger partial charge is 0.335 e. The van der Waals surface area contributed by atoms with Crippen LogP contribution in [0.5, 0.6) is 0 Å². The van der Waals surface area contributed by atoms with Crippen LogP contribution in [-0.2, 0) is 11.3 Å². The Morgan fingerprint density at radius 2 is 2.10 bits per heavy atom. The van der Waals surface area contributed by atoms with Gasteiger partial charge in [-0.2, -0.15) is 0 Å². The summed E-state index contributed by atoms with van der Waals surface area (Å²) in [6.07, 6.45) is 5.14. The second-order valence-electron chi connectivity index (χ2n) is 4.67. The number of carbonyl (C=O) groups is 1. The molecule has 108 valence electrons. The standard InChI is InChI=1S/C15H18Cl2N2O/c1-4-7-18-9-15(20)19(11(2)3)10-12-5-6-13(16)14(17)8-12/h1,5-6,8,11,18H,7,9-10H2,2-3H3.